The molecule has 0 fully saturated rings. The highest BCUT2D eigenvalue weighted by Crippen LogP contribution is 2.25. The van der Waals surface area contributed by atoms with Crippen LogP contribution in [-0.4, -0.2) is 16.5 Å². The van der Waals surface area contributed by atoms with Crippen LogP contribution in [0.25, 0.3) is 0 Å². The zero-order chi connectivity index (χ0) is 13.0. The van der Waals surface area contributed by atoms with E-state index in [-0.39, 0.29) is 0 Å². The Morgan fingerprint density at radius 1 is 1.39 bits per heavy atom. The van der Waals surface area contributed by atoms with Gasteiger partial charge in [0, 0.05) is 34.6 Å². The molecule has 0 bridgehead atoms. The smallest absolute Gasteiger partial charge is 0.0947 e. The van der Waals surface area contributed by atoms with Gasteiger partial charge in [0.2, 0.25) is 0 Å². The van der Waals surface area contributed by atoms with E-state index < -0.39 is 0 Å². The summed E-state index contributed by atoms with van der Waals surface area (Å²) in [6.07, 6.45) is 4.10. The number of rotatable bonds is 6. The first kappa shape index (κ1) is 13.6. The summed E-state index contributed by atoms with van der Waals surface area (Å²) < 4.78 is 0. The van der Waals surface area contributed by atoms with E-state index in [0.29, 0.717) is 6.04 Å². The number of hydrogen-bond donors (Lipinski definition) is 1. The van der Waals surface area contributed by atoms with E-state index in [4.69, 9.17) is 0 Å². The van der Waals surface area contributed by atoms with Crippen LogP contribution in [0, 0.1) is 13.8 Å². The van der Waals surface area contributed by atoms with Crippen molar-refractivity contribution >= 4 is 22.7 Å². The molecule has 18 heavy (non-hydrogen) atoms. The van der Waals surface area contributed by atoms with Gasteiger partial charge in [0.1, 0.15) is 0 Å². The Morgan fingerprint density at radius 3 is 2.78 bits per heavy atom. The molecule has 0 spiro atoms. The average Bonchev–Trinajstić information content (AvgIpc) is 2.93. The van der Waals surface area contributed by atoms with Crippen LogP contribution in [0.1, 0.15) is 40.0 Å². The first-order valence-corrected chi connectivity index (χ1v) is 7.95. The second-order valence-electron chi connectivity index (χ2n) is 4.38. The maximum atomic E-state index is 4.55. The van der Waals surface area contributed by atoms with Gasteiger partial charge in [-0.05, 0) is 26.8 Å². The van der Waals surface area contributed by atoms with Gasteiger partial charge in [0.15, 0.2) is 0 Å². The number of aromatic nitrogens is 2. The quantitative estimate of drug-likeness (QED) is 0.880. The second-order valence-corrected chi connectivity index (χ2v) is 6.58. The van der Waals surface area contributed by atoms with Gasteiger partial charge in [-0.3, -0.25) is 0 Å². The zero-order valence-electron chi connectivity index (χ0n) is 11.1. The molecule has 2 rings (SSSR count). The first-order valence-electron chi connectivity index (χ1n) is 6.25. The molecule has 0 aliphatic heterocycles. The van der Waals surface area contributed by atoms with Gasteiger partial charge in [-0.25, -0.2) is 9.97 Å². The molecule has 2 aromatic heterocycles. The Balaban J connectivity index is 2.09. The molecule has 1 unspecified atom stereocenters. The van der Waals surface area contributed by atoms with Gasteiger partial charge in [0.05, 0.1) is 10.0 Å². The minimum Gasteiger partial charge on any atom is -0.309 e. The van der Waals surface area contributed by atoms with Crippen LogP contribution in [0.2, 0.25) is 0 Å². The van der Waals surface area contributed by atoms with Crippen molar-refractivity contribution < 1.29 is 0 Å². The monoisotopic (exact) mass is 281 g/mol. The molecule has 0 aliphatic carbocycles. The molecule has 2 heterocycles. The third-order valence-electron chi connectivity index (χ3n) is 2.67. The van der Waals surface area contributed by atoms with Crippen molar-refractivity contribution in [2.24, 2.45) is 0 Å². The third kappa shape index (κ3) is 3.60. The van der Waals surface area contributed by atoms with Crippen LogP contribution in [0.15, 0.2) is 11.6 Å². The maximum absolute atomic E-state index is 4.55. The van der Waals surface area contributed by atoms with E-state index in [2.05, 4.69) is 34.5 Å². The van der Waals surface area contributed by atoms with Crippen LogP contribution < -0.4 is 5.32 Å². The van der Waals surface area contributed by atoms with Crippen molar-refractivity contribution in [1.82, 2.24) is 15.3 Å². The van der Waals surface area contributed by atoms with Gasteiger partial charge >= 0.3 is 0 Å². The number of nitrogens with one attached hydrogen (secondary N) is 1. The molecule has 1 N–H and O–H groups in total. The summed E-state index contributed by atoms with van der Waals surface area (Å²) in [5, 5.41) is 8.04. The standard InChI is InChI=1S/C13H19N3S2/c1-4-5-14-11(12-7-15-10(3)18-12)6-13-16-9(2)8-17-13/h7-8,11,14H,4-6H2,1-3H3. The molecule has 0 radical (unpaired) electrons. The fourth-order valence-corrected chi connectivity index (χ4v) is 3.48. The Labute approximate surface area is 116 Å². The highest BCUT2D eigenvalue weighted by atomic mass is 32.1. The fraction of sp³-hybridized carbons (Fsp3) is 0.538. The lowest BCUT2D eigenvalue weighted by Crippen LogP contribution is -2.23. The van der Waals surface area contributed by atoms with Crippen molar-refractivity contribution in [3.8, 4) is 0 Å². The second kappa shape index (κ2) is 6.41. The van der Waals surface area contributed by atoms with Crippen LogP contribution >= 0.6 is 22.7 Å². The minimum atomic E-state index is 0.349. The van der Waals surface area contributed by atoms with E-state index in [1.807, 2.05) is 13.1 Å². The summed E-state index contributed by atoms with van der Waals surface area (Å²) in [5.74, 6) is 0. The minimum absolute atomic E-state index is 0.349. The summed E-state index contributed by atoms with van der Waals surface area (Å²) in [4.78, 5) is 10.2. The van der Waals surface area contributed by atoms with E-state index in [1.54, 1.807) is 22.7 Å². The van der Waals surface area contributed by atoms with E-state index in [1.165, 1.54) is 9.88 Å². The van der Waals surface area contributed by atoms with Crippen LogP contribution in [0.3, 0.4) is 0 Å². The zero-order valence-corrected chi connectivity index (χ0v) is 12.7. The Bertz CT molecular complexity index is 490. The summed E-state index contributed by atoms with van der Waals surface area (Å²) in [6.45, 7) is 7.32. The SMILES string of the molecule is CCCNC(Cc1nc(C)cs1)c1cnc(C)s1. The molecular weight excluding hydrogens is 262 g/mol. The van der Waals surface area contributed by atoms with E-state index in [9.17, 15) is 0 Å². The van der Waals surface area contributed by atoms with Crippen molar-refractivity contribution in [1.29, 1.82) is 0 Å². The number of thiazole rings is 2. The predicted molar refractivity (Wildman–Crippen MR) is 78.4 cm³/mol. The van der Waals surface area contributed by atoms with Gasteiger partial charge in [-0.1, -0.05) is 6.92 Å². The largest absolute Gasteiger partial charge is 0.309 e. The van der Waals surface area contributed by atoms with Crippen LogP contribution in [0.4, 0.5) is 0 Å². The maximum Gasteiger partial charge on any atom is 0.0947 e. The first-order chi connectivity index (χ1) is 8.69. The summed E-state index contributed by atoms with van der Waals surface area (Å²) in [5.41, 5.74) is 1.12. The van der Waals surface area contributed by atoms with Crippen LogP contribution in [-0.2, 0) is 6.42 Å². The molecule has 1 atom stereocenters. The van der Waals surface area contributed by atoms with Gasteiger partial charge in [-0.15, -0.1) is 22.7 Å². The van der Waals surface area contributed by atoms with Crippen molar-refractivity contribution in [3.63, 3.8) is 0 Å². The molecule has 0 aromatic carbocycles. The van der Waals surface area contributed by atoms with E-state index in [0.717, 1.165) is 30.1 Å². The molecule has 3 nitrogen and oxygen atoms in total. The van der Waals surface area contributed by atoms with Gasteiger partial charge in [0.25, 0.3) is 0 Å². The molecule has 0 saturated carbocycles. The van der Waals surface area contributed by atoms with E-state index >= 15 is 0 Å². The summed E-state index contributed by atoms with van der Waals surface area (Å²) >= 11 is 3.52. The average molecular weight is 281 g/mol. The molecule has 0 saturated heterocycles. The summed E-state index contributed by atoms with van der Waals surface area (Å²) in [7, 11) is 0. The van der Waals surface area contributed by atoms with Crippen molar-refractivity contribution in [2.45, 2.75) is 39.7 Å². The number of hydrogen-bond acceptors (Lipinski definition) is 5. The number of aryl methyl sites for hydroxylation is 2. The molecular formula is C13H19N3S2. The summed E-state index contributed by atoms with van der Waals surface area (Å²) in [6, 6.07) is 0.349. The van der Waals surface area contributed by atoms with Crippen molar-refractivity contribution in [2.75, 3.05) is 6.54 Å². The molecule has 98 valence electrons. The molecule has 0 aliphatic rings. The predicted octanol–water partition coefficient (Wildman–Crippen LogP) is 3.50. The Kier molecular flexibility index (Phi) is 4.86. The van der Waals surface area contributed by atoms with Gasteiger partial charge in [-0.2, -0.15) is 0 Å². The fourth-order valence-electron chi connectivity index (χ4n) is 1.80. The highest BCUT2D eigenvalue weighted by Gasteiger charge is 2.15. The Hall–Kier alpha value is -0.780. The molecule has 2 aromatic rings. The van der Waals surface area contributed by atoms with Crippen molar-refractivity contribution in [3.05, 3.63) is 32.2 Å². The normalized spacial score (nSPS) is 12.8. The topological polar surface area (TPSA) is 37.8 Å². The van der Waals surface area contributed by atoms with Gasteiger partial charge < -0.3 is 5.32 Å². The lowest BCUT2D eigenvalue weighted by molar-refractivity contribution is 0.534. The number of nitrogens with zero attached hydrogens (tertiary/aromatic N) is 2. The Morgan fingerprint density at radius 2 is 2.22 bits per heavy atom. The lowest BCUT2D eigenvalue weighted by Gasteiger charge is -2.15. The molecule has 5 heteroatoms. The highest BCUT2D eigenvalue weighted by molar-refractivity contribution is 7.11. The molecule has 0 amide bonds. The lowest BCUT2D eigenvalue weighted by atomic mass is 10.2. The third-order valence-corrected chi connectivity index (χ3v) is 4.68. The van der Waals surface area contributed by atoms with Crippen LogP contribution in [0.5, 0.6) is 0 Å².